The Morgan fingerprint density at radius 2 is 2.04 bits per heavy atom. The Balaban J connectivity index is 1.45. The molecular weight excluding hydrogens is 336 g/mol. The Morgan fingerprint density at radius 3 is 2.68 bits per heavy atom. The predicted molar refractivity (Wildman–Crippen MR) is 98.7 cm³/mol. The van der Waals surface area contributed by atoms with E-state index in [-0.39, 0.29) is 17.9 Å². The van der Waals surface area contributed by atoms with E-state index >= 15 is 0 Å². The fraction of sp³-hybridized carbons (Fsp3) is 0.474. The van der Waals surface area contributed by atoms with Gasteiger partial charge < -0.3 is 11.1 Å². The number of carbonyl (C=O) groups excluding carboxylic acids is 1. The maximum absolute atomic E-state index is 12.7. The summed E-state index contributed by atoms with van der Waals surface area (Å²) < 4.78 is 1.71. The lowest BCUT2D eigenvalue weighted by molar-refractivity contribution is -0.122. The van der Waals surface area contributed by atoms with Gasteiger partial charge in [-0.2, -0.15) is 5.10 Å². The molecule has 1 aromatic carbocycles. The van der Waals surface area contributed by atoms with Gasteiger partial charge in [-0.05, 0) is 61.8 Å². The fourth-order valence-corrected chi connectivity index (χ4v) is 4.70. The van der Waals surface area contributed by atoms with Gasteiger partial charge in [0.1, 0.15) is 0 Å². The topological polar surface area (TPSA) is 72.9 Å². The smallest absolute Gasteiger partial charge is 0.227 e. The van der Waals surface area contributed by atoms with E-state index in [9.17, 15) is 4.79 Å². The second-order valence-corrected chi connectivity index (χ2v) is 7.71. The summed E-state index contributed by atoms with van der Waals surface area (Å²) in [6, 6.07) is 7.65. The maximum Gasteiger partial charge on any atom is 0.227 e. The SMILES string of the molecule is NC1C2CCCC1CC(C(=O)Nc1ccc(-n3cccn3)c(Cl)c1)C2. The van der Waals surface area contributed by atoms with E-state index in [4.69, 9.17) is 17.3 Å². The van der Waals surface area contributed by atoms with Gasteiger partial charge in [0.25, 0.3) is 0 Å². The first-order valence-corrected chi connectivity index (χ1v) is 9.35. The van der Waals surface area contributed by atoms with Crippen molar-refractivity contribution in [2.24, 2.45) is 23.5 Å². The van der Waals surface area contributed by atoms with Gasteiger partial charge in [-0.1, -0.05) is 18.0 Å². The molecule has 2 unspecified atom stereocenters. The normalized spacial score (nSPS) is 28.6. The average Bonchev–Trinajstić information content (AvgIpc) is 3.08. The van der Waals surface area contributed by atoms with Crippen molar-refractivity contribution in [1.82, 2.24) is 9.78 Å². The molecule has 4 rings (SSSR count). The summed E-state index contributed by atoms with van der Waals surface area (Å²) >= 11 is 6.36. The zero-order valence-corrected chi connectivity index (χ0v) is 14.8. The first kappa shape index (κ1) is 16.6. The molecule has 3 N–H and O–H groups in total. The van der Waals surface area contributed by atoms with Crippen molar-refractivity contribution in [2.75, 3.05) is 5.32 Å². The molecule has 5 nitrogen and oxygen atoms in total. The molecule has 2 atom stereocenters. The molecule has 0 aliphatic heterocycles. The van der Waals surface area contributed by atoms with E-state index in [0.717, 1.165) is 37.1 Å². The lowest BCUT2D eigenvalue weighted by Gasteiger charge is -2.43. The van der Waals surface area contributed by atoms with Crippen molar-refractivity contribution < 1.29 is 4.79 Å². The van der Waals surface area contributed by atoms with Crippen LogP contribution >= 0.6 is 11.6 Å². The average molecular weight is 359 g/mol. The van der Waals surface area contributed by atoms with Crippen LogP contribution < -0.4 is 11.1 Å². The van der Waals surface area contributed by atoms with Gasteiger partial charge in [0.05, 0.1) is 10.7 Å². The molecule has 1 amide bonds. The van der Waals surface area contributed by atoms with E-state index < -0.39 is 0 Å². The maximum atomic E-state index is 12.7. The molecule has 6 heteroatoms. The quantitative estimate of drug-likeness (QED) is 0.880. The lowest BCUT2D eigenvalue weighted by atomic mass is 9.65. The van der Waals surface area contributed by atoms with Crippen molar-refractivity contribution in [2.45, 2.75) is 38.1 Å². The standard InChI is InChI=1S/C19H23ClN4O/c20-16-11-15(5-6-17(16)24-8-2-7-22-24)23-19(25)14-9-12-3-1-4-13(10-14)18(12)21/h2,5-8,11-14,18H,1,3-4,9-10,21H2,(H,23,25). The van der Waals surface area contributed by atoms with E-state index in [1.54, 1.807) is 16.9 Å². The monoisotopic (exact) mass is 358 g/mol. The number of halogens is 1. The number of fused-ring (bicyclic) bond motifs is 2. The number of nitrogens with zero attached hydrogens (tertiary/aromatic N) is 2. The molecule has 2 aliphatic rings. The highest BCUT2D eigenvalue weighted by atomic mass is 35.5. The van der Waals surface area contributed by atoms with Crippen molar-refractivity contribution in [1.29, 1.82) is 0 Å². The first-order chi connectivity index (χ1) is 12.1. The molecule has 0 saturated heterocycles. The van der Waals surface area contributed by atoms with Crippen LogP contribution in [0.4, 0.5) is 5.69 Å². The highest BCUT2D eigenvalue weighted by Gasteiger charge is 2.40. The summed E-state index contributed by atoms with van der Waals surface area (Å²) in [6.07, 6.45) is 8.92. The molecule has 2 saturated carbocycles. The Kier molecular flexibility index (Phi) is 4.52. The summed E-state index contributed by atoms with van der Waals surface area (Å²) in [6.45, 7) is 0. The molecule has 25 heavy (non-hydrogen) atoms. The third-order valence-corrected chi connectivity index (χ3v) is 6.05. The summed E-state index contributed by atoms with van der Waals surface area (Å²) in [5.74, 6) is 1.13. The van der Waals surface area contributed by atoms with Gasteiger partial charge in [0.2, 0.25) is 5.91 Å². The van der Waals surface area contributed by atoms with E-state index in [1.807, 2.05) is 24.4 Å². The number of rotatable bonds is 3. The summed E-state index contributed by atoms with van der Waals surface area (Å²) in [5, 5.41) is 7.78. The number of nitrogens with two attached hydrogens (primary N) is 1. The van der Waals surface area contributed by atoms with Gasteiger partial charge in [-0.15, -0.1) is 0 Å². The van der Waals surface area contributed by atoms with Crippen LogP contribution in [0, 0.1) is 17.8 Å². The molecule has 1 aromatic heterocycles. The highest BCUT2D eigenvalue weighted by molar-refractivity contribution is 6.32. The third kappa shape index (κ3) is 3.31. The third-order valence-electron chi connectivity index (χ3n) is 5.75. The molecular formula is C19H23ClN4O. The van der Waals surface area contributed by atoms with Crippen LogP contribution in [0.15, 0.2) is 36.7 Å². The zero-order chi connectivity index (χ0) is 17.4. The minimum absolute atomic E-state index is 0.0552. The molecule has 2 bridgehead atoms. The highest BCUT2D eigenvalue weighted by Crippen LogP contribution is 2.42. The van der Waals surface area contributed by atoms with Crippen LogP contribution in [0.1, 0.15) is 32.1 Å². The Hall–Kier alpha value is -1.85. The number of hydrogen-bond donors (Lipinski definition) is 2. The first-order valence-electron chi connectivity index (χ1n) is 8.98. The number of amides is 1. The number of aromatic nitrogens is 2. The van der Waals surface area contributed by atoms with Crippen molar-refractivity contribution in [3.05, 3.63) is 41.7 Å². The van der Waals surface area contributed by atoms with Crippen molar-refractivity contribution in [3.63, 3.8) is 0 Å². The van der Waals surface area contributed by atoms with Gasteiger partial charge in [-0.3, -0.25) is 4.79 Å². The molecule has 2 fully saturated rings. The van der Waals surface area contributed by atoms with Crippen LogP contribution in [-0.4, -0.2) is 21.7 Å². The summed E-state index contributed by atoms with van der Waals surface area (Å²) in [4.78, 5) is 12.7. The summed E-state index contributed by atoms with van der Waals surface area (Å²) in [5.41, 5.74) is 7.85. The van der Waals surface area contributed by atoms with Crippen LogP contribution in [0.2, 0.25) is 5.02 Å². The molecule has 2 aliphatic carbocycles. The number of carbonyl (C=O) groups is 1. The van der Waals surface area contributed by atoms with Gasteiger partial charge in [0.15, 0.2) is 0 Å². The minimum atomic E-state index is 0.0552. The summed E-state index contributed by atoms with van der Waals surface area (Å²) in [7, 11) is 0. The van der Waals surface area contributed by atoms with Crippen LogP contribution in [-0.2, 0) is 4.79 Å². The number of nitrogens with one attached hydrogen (secondary N) is 1. The minimum Gasteiger partial charge on any atom is -0.327 e. The Morgan fingerprint density at radius 1 is 1.28 bits per heavy atom. The number of anilines is 1. The second-order valence-electron chi connectivity index (χ2n) is 7.30. The van der Waals surface area contributed by atoms with Crippen LogP contribution in [0.25, 0.3) is 5.69 Å². The van der Waals surface area contributed by atoms with Crippen LogP contribution in [0.3, 0.4) is 0 Å². The van der Waals surface area contributed by atoms with Crippen molar-refractivity contribution >= 4 is 23.2 Å². The Labute approximate surface area is 152 Å². The fourth-order valence-electron chi connectivity index (χ4n) is 4.43. The Bertz CT molecular complexity index is 747. The van der Waals surface area contributed by atoms with Crippen molar-refractivity contribution in [3.8, 4) is 5.69 Å². The van der Waals surface area contributed by atoms with Gasteiger partial charge in [-0.25, -0.2) is 4.68 Å². The number of hydrogen-bond acceptors (Lipinski definition) is 3. The van der Waals surface area contributed by atoms with Crippen LogP contribution in [0.5, 0.6) is 0 Å². The number of benzene rings is 1. The molecule has 132 valence electrons. The molecule has 1 heterocycles. The molecule has 0 spiro atoms. The largest absolute Gasteiger partial charge is 0.327 e. The van der Waals surface area contributed by atoms with Gasteiger partial charge in [0, 0.05) is 30.0 Å². The predicted octanol–water partition coefficient (Wildman–Crippen LogP) is 3.62. The van der Waals surface area contributed by atoms with E-state index in [0.29, 0.717) is 16.9 Å². The second kappa shape index (κ2) is 6.81. The lowest BCUT2D eigenvalue weighted by Crippen LogP contribution is -2.48. The molecule has 0 radical (unpaired) electrons. The molecule has 2 aromatic rings. The zero-order valence-electron chi connectivity index (χ0n) is 14.1. The van der Waals surface area contributed by atoms with E-state index in [1.165, 1.54) is 6.42 Å². The van der Waals surface area contributed by atoms with Gasteiger partial charge >= 0.3 is 0 Å². The van der Waals surface area contributed by atoms with E-state index in [2.05, 4.69) is 10.4 Å².